The Morgan fingerprint density at radius 1 is 0.870 bits per heavy atom. The van der Waals surface area contributed by atoms with E-state index in [0.717, 1.165) is 0 Å². The fourth-order valence-electron chi connectivity index (χ4n) is 2.53. The highest BCUT2D eigenvalue weighted by Gasteiger charge is 2.16. The van der Waals surface area contributed by atoms with Crippen LogP contribution in [0.2, 0.25) is 0 Å². The molecule has 0 amide bonds. The van der Waals surface area contributed by atoms with Crippen molar-refractivity contribution < 1.29 is 14.6 Å². The molecule has 0 unspecified atom stereocenters. The number of carbonyl (C=O) groups excluding carboxylic acids is 1. The maximum absolute atomic E-state index is 12.8. The van der Waals surface area contributed by atoms with Crippen molar-refractivity contribution in [2.24, 2.45) is 0 Å². The number of hydrogen-bond acceptors (Lipinski definition) is 3. The molecule has 3 aromatic rings. The van der Waals surface area contributed by atoms with E-state index in [1.807, 2.05) is 36.4 Å². The van der Waals surface area contributed by atoms with Crippen LogP contribution >= 0.6 is 0 Å². The largest absolute Gasteiger partial charge is 0.507 e. The third-order valence-electron chi connectivity index (χ3n) is 3.70. The van der Waals surface area contributed by atoms with Crippen molar-refractivity contribution in [2.75, 3.05) is 7.11 Å². The number of hydrogen-bond donors (Lipinski definition) is 1. The van der Waals surface area contributed by atoms with E-state index < -0.39 is 0 Å². The quantitative estimate of drug-likeness (QED) is 0.731. The molecule has 3 rings (SSSR count). The van der Waals surface area contributed by atoms with E-state index in [0.29, 0.717) is 28.0 Å². The summed E-state index contributed by atoms with van der Waals surface area (Å²) in [6, 6.07) is 21.4. The Hall–Kier alpha value is -3.07. The Labute approximate surface area is 134 Å². The Morgan fingerprint density at radius 2 is 1.57 bits per heavy atom. The first kappa shape index (κ1) is 14.9. The number of carbonyl (C=O) groups is 1. The van der Waals surface area contributed by atoms with Gasteiger partial charge in [-0.3, -0.25) is 4.79 Å². The number of methoxy groups -OCH3 is 1. The summed E-state index contributed by atoms with van der Waals surface area (Å²) in [7, 11) is 1.54. The van der Waals surface area contributed by atoms with Gasteiger partial charge in [0.25, 0.3) is 0 Å². The molecule has 0 aliphatic heterocycles. The number of aromatic hydroxyl groups is 1. The molecular weight excluding hydrogens is 288 g/mol. The van der Waals surface area contributed by atoms with Gasteiger partial charge < -0.3 is 9.84 Å². The number of phenols is 1. The Bertz CT molecular complexity index is 839. The molecule has 0 radical (unpaired) electrons. The van der Waals surface area contributed by atoms with Gasteiger partial charge in [0.05, 0.1) is 7.11 Å². The lowest BCUT2D eigenvalue weighted by molar-refractivity contribution is 0.103. The van der Waals surface area contributed by atoms with E-state index in [2.05, 4.69) is 0 Å². The minimum Gasteiger partial charge on any atom is -0.507 e. The molecule has 0 aromatic heterocycles. The van der Waals surface area contributed by atoms with Gasteiger partial charge >= 0.3 is 0 Å². The lowest BCUT2D eigenvalue weighted by atomic mass is 9.93. The van der Waals surface area contributed by atoms with Gasteiger partial charge in [-0.05, 0) is 17.7 Å². The van der Waals surface area contributed by atoms with Crippen molar-refractivity contribution >= 4 is 5.78 Å². The highest BCUT2D eigenvalue weighted by Crippen LogP contribution is 2.35. The molecule has 0 fully saturated rings. The summed E-state index contributed by atoms with van der Waals surface area (Å²) in [4.78, 5) is 12.8. The summed E-state index contributed by atoms with van der Waals surface area (Å²) in [5, 5.41) is 10.3. The molecule has 0 spiro atoms. The number of ketones is 1. The second-order valence-electron chi connectivity index (χ2n) is 5.12. The molecule has 0 aliphatic rings. The average Bonchev–Trinajstić information content (AvgIpc) is 2.62. The molecule has 0 saturated carbocycles. The lowest BCUT2D eigenvalue weighted by Gasteiger charge is -2.11. The van der Waals surface area contributed by atoms with Gasteiger partial charge in [0.15, 0.2) is 5.78 Å². The number of phenolic OH excluding ortho intramolecular Hbond substituents is 1. The van der Waals surface area contributed by atoms with Crippen LogP contribution in [0.4, 0.5) is 0 Å². The molecule has 0 bridgehead atoms. The second kappa shape index (κ2) is 6.36. The first-order valence-corrected chi connectivity index (χ1v) is 7.27. The normalized spacial score (nSPS) is 10.3. The van der Waals surface area contributed by atoms with Crippen LogP contribution in [0, 0.1) is 0 Å². The molecule has 23 heavy (non-hydrogen) atoms. The second-order valence-corrected chi connectivity index (χ2v) is 5.12. The first-order valence-electron chi connectivity index (χ1n) is 7.27. The van der Waals surface area contributed by atoms with Gasteiger partial charge in [-0.25, -0.2) is 0 Å². The predicted octanol–water partition coefficient (Wildman–Crippen LogP) is 4.30. The SMILES string of the molecule is COc1ccc(-c2ccccc2C(=O)c2ccccc2)c(O)c1. The molecule has 0 atom stereocenters. The summed E-state index contributed by atoms with van der Waals surface area (Å²) >= 11 is 0. The summed E-state index contributed by atoms with van der Waals surface area (Å²) in [5.74, 6) is 0.576. The number of ether oxygens (including phenoxy) is 1. The highest BCUT2D eigenvalue weighted by atomic mass is 16.5. The third-order valence-corrected chi connectivity index (χ3v) is 3.70. The standard InChI is InChI=1S/C20H16O3/c1-23-15-11-12-17(19(21)13-15)16-9-5-6-10-18(16)20(22)14-7-3-2-4-8-14/h2-13,21H,1H3. The van der Waals surface area contributed by atoms with E-state index in [1.165, 1.54) is 0 Å². The van der Waals surface area contributed by atoms with Crippen molar-refractivity contribution in [3.63, 3.8) is 0 Å². The Balaban J connectivity index is 2.10. The molecule has 114 valence electrons. The maximum Gasteiger partial charge on any atom is 0.193 e. The van der Waals surface area contributed by atoms with Crippen LogP contribution in [-0.2, 0) is 0 Å². The monoisotopic (exact) mass is 304 g/mol. The minimum absolute atomic E-state index is 0.0728. The smallest absolute Gasteiger partial charge is 0.193 e. The van der Waals surface area contributed by atoms with Crippen molar-refractivity contribution in [2.45, 2.75) is 0 Å². The molecule has 3 aromatic carbocycles. The summed E-state index contributed by atoms with van der Waals surface area (Å²) in [6.07, 6.45) is 0. The van der Waals surface area contributed by atoms with Crippen LogP contribution in [0.25, 0.3) is 11.1 Å². The van der Waals surface area contributed by atoms with E-state index in [9.17, 15) is 9.90 Å². The highest BCUT2D eigenvalue weighted by molar-refractivity contribution is 6.13. The van der Waals surface area contributed by atoms with E-state index in [4.69, 9.17) is 4.74 Å². The van der Waals surface area contributed by atoms with Crippen LogP contribution in [0.5, 0.6) is 11.5 Å². The molecule has 0 aliphatic carbocycles. The average molecular weight is 304 g/mol. The topological polar surface area (TPSA) is 46.5 Å². The molecule has 1 N–H and O–H groups in total. The fraction of sp³-hybridized carbons (Fsp3) is 0.0500. The molecule has 3 nitrogen and oxygen atoms in total. The van der Waals surface area contributed by atoms with Crippen molar-refractivity contribution in [1.29, 1.82) is 0 Å². The van der Waals surface area contributed by atoms with Gasteiger partial charge in [0, 0.05) is 22.8 Å². The van der Waals surface area contributed by atoms with Gasteiger partial charge in [0.1, 0.15) is 11.5 Å². The van der Waals surface area contributed by atoms with E-state index >= 15 is 0 Å². The zero-order chi connectivity index (χ0) is 16.2. The zero-order valence-corrected chi connectivity index (χ0v) is 12.7. The van der Waals surface area contributed by atoms with E-state index in [1.54, 1.807) is 43.5 Å². The summed E-state index contributed by atoms with van der Waals surface area (Å²) in [6.45, 7) is 0. The molecule has 3 heteroatoms. The first-order chi connectivity index (χ1) is 11.2. The van der Waals surface area contributed by atoms with Crippen LogP contribution in [0.1, 0.15) is 15.9 Å². The minimum atomic E-state index is -0.0728. The Kier molecular flexibility index (Phi) is 4.11. The summed E-state index contributed by atoms with van der Waals surface area (Å²) < 4.78 is 5.11. The van der Waals surface area contributed by atoms with Crippen LogP contribution in [0.3, 0.4) is 0 Å². The zero-order valence-electron chi connectivity index (χ0n) is 12.7. The number of rotatable bonds is 4. The third kappa shape index (κ3) is 2.94. The summed E-state index contributed by atoms with van der Waals surface area (Å²) in [5.41, 5.74) is 2.47. The van der Waals surface area contributed by atoms with Gasteiger partial charge in [-0.15, -0.1) is 0 Å². The van der Waals surface area contributed by atoms with E-state index in [-0.39, 0.29) is 11.5 Å². The Morgan fingerprint density at radius 3 is 2.26 bits per heavy atom. The van der Waals surface area contributed by atoms with Gasteiger partial charge in [0.2, 0.25) is 0 Å². The van der Waals surface area contributed by atoms with Crippen molar-refractivity contribution in [3.05, 3.63) is 83.9 Å². The lowest BCUT2D eigenvalue weighted by Crippen LogP contribution is -2.03. The van der Waals surface area contributed by atoms with Crippen LogP contribution in [0.15, 0.2) is 72.8 Å². The van der Waals surface area contributed by atoms with Gasteiger partial charge in [-0.2, -0.15) is 0 Å². The van der Waals surface area contributed by atoms with Gasteiger partial charge in [-0.1, -0.05) is 54.6 Å². The van der Waals surface area contributed by atoms with Crippen molar-refractivity contribution in [3.8, 4) is 22.6 Å². The molecular formula is C20H16O3. The molecule has 0 heterocycles. The fourth-order valence-corrected chi connectivity index (χ4v) is 2.53. The number of benzene rings is 3. The van der Waals surface area contributed by atoms with Crippen molar-refractivity contribution in [1.82, 2.24) is 0 Å². The predicted molar refractivity (Wildman–Crippen MR) is 90.0 cm³/mol. The maximum atomic E-state index is 12.8. The van der Waals surface area contributed by atoms with Crippen LogP contribution in [-0.4, -0.2) is 18.0 Å². The van der Waals surface area contributed by atoms with Crippen LogP contribution < -0.4 is 4.74 Å². The molecule has 0 saturated heterocycles.